The Morgan fingerprint density at radius 3 is 2.91 bits per heavy atom. The Kier molecular flexibility index (Phi) is 5.54. The van der Waals surface area contributed by atoms with Crippen LogP contribution >= 0.6 is 11.6 Å². The summed E-state index contributed by atoms with van der Waals surface area (Å²) < 4.78 is 0. The lowest BCUT2D eigenvalue weighted by molar-refractivity contribution is -0.124. The predicted octanol–water partition coefficient (Wildman–Crippen LogP) is 1.12. The molecule has 1 unspecified atom stereocenters. The Balaban J connectivity index is 1.91. The maximum absolute atomic E-state index is 11.6. The number of carbonyl (C=O) groups excluding carboxylic acids is 1. The van der Waals surface area contributed by atoms with Crippen molar-refractivity contribution in [1.29, 1.82) is 0 Å². The zero-order valence-electron chi connectivity index (χ0n) is 12.2. The minimum Gasteiger partial charge on any atom is -0.391 e. The third-order valence-corrected chi connectivity index (χ3v) is 3.50. The molecule has 7 heteroatoms. The number of carbonyl (C=O) groups is 1. The molecule has 0 aliphatic heterocycles. The topological polar surface area (TPSA) is 100 Å². The molecule has 1 aromatic carbocycles. The summed E-state index contributed by atoms with van der Waals surface area (Å²) in [5.74, 6) is -0.372. The SMILES string of the molecule is CC(O)[C@H](N)C(=O)NCCNc1ccnc2cc(Cl)ccc12. The van der Waals surface area contributed by atoms with Crippen LogP contribution in [0.25, 0.3) is 10.9 Å². The Morgan fingerprint density at radius 2 is 2.18 bits per heavy atom. The lowest BCUT2D eigenvalue weighted by atomic mass is 10.2. The molecule has 2 aromatic rings. The molecule has 1 amide bonds. The van der Waals surface area contributed by atoms with Crippen LogP contribution in [0.3, 0.4) is 0 Å². The van der Waals surface area contributed by atoms with E-state index in [0.29, 0.717) is 18.1 Å². The largest absolute Gasteiger partial charge is 0.391 e. The number of rotatable bonds is 6. The van der Waals surface area contributed by atoms with Crippen LogP contribution in [0.15, 0.2) is 30.5 Å². The van der Waals surface area contributed by atoms with Crippen molar-refractivity contribution in [3.63, 3.8) is 0 Å². The van der Waals surface area contributed by atoms with Crippen LogP contribution in [0.4, 0.5) is 5.69 Å². The van der Waals surface area contributed by atoms with E-state index < -0.39 is 12.1 Å². The number of aliphatic hydroxyl groups excluding tert-OH is 1. The molecular weight excluding hydrogens is 304 g/mol. The molecular formula is C15H19ClN4O2. The van der Waals surface area contributed by atoms with Crippen LogP contribution in [-0.2, 0) is 4.79 Å². The molecule has 0 saturated carbocycles. The number of hydrogen-bond donors (Lipinski definition) is 4. The standard InChI is InChI=1S/C15H19ClN4O2/c1-9(21)14(17)15(22)20-7-6-19-12-4-5-18-13-8-10(16)2-3-11(12)13/h2-5,8-9,14,21H,6-7,17H2,1H3,(H,18,19)(H,20,22)/t9?,14-/m0/s1. The normalized spacial score (nSPS) is 13.6. The zero-order valence-corrected chi connectivity index (χ0v) is 13.0. The van der Waals surface area contributed by atoms with Gasteiger partial charge in [-0.1, -0.05) is 11.6 Å². The number of anilines is 1. The third-order valence-electron chi connectivity index (χ3n) is 3.27. The van der Waals surface area contributed by atoms with E-state index in [1.54, 1.807) is 18.3 Å². The quantitative estimate of drug-likeness (QED) is 0.597. The maximum Gasteiger partial charge on any atom is 0.239 e. The van der Waals surface area contributed by atoms with Gasteiger partial charge in [0.05, 0.1) is 11.6 Å². The molecule has 5 N–H and O–H groups in total. The summed E-state index contributed by atoms with van der Waals surface area (Å²) in [4.78, 5) is 15.9. The van der Waals surface area contributed by atoms with Gasteiger partial charge in [-0.05, 0) is 31.2 Å². The third kappa shape index (κ3) is 4.07. The number of hydrogen-bond acceptors (Lipinski definition) is 5. The fourth-order valence-electron chi connectivity index (χ4n) is 2.00. The van der Waals surface area contributed by atoms with E-state index in [9.17, 15) is 9.90 Å². The smallest absolute Gasteiger partial charge is 0.239 e. The Morgan fingerprint density at radius 1 is 1.41 bits per heavy atom. The number of aliphatic hydroxyl groups is 1. The van der Waals surface area contributed by atoms with Gasteiger partial charge in [-0.25, -0.2) is 0 Å². The van der Waals surface area contributed by atoms with Crippen LogP contribution in [0, 0.1) is 0 Å². The first-order chi connectivity index (χ1) is 10.5. The minimum atomic E-state index is -0.913. The van der Waals surface area contributed by atoms with Gasteiger partial charge in [-0.2, -0.15) is 0 Å². The van der Waals surface area contributed by atoms with Gasteiger partial charge in [-0.3, -0.25) is 9.78 Å². The number of halogens is 1. The maximum atomic E-state index is 11.6. The van der Waals surface area contributed by atoms with Crippen LogP contribution in [0.1, 0.15) is 6.92 Å². The molecule has 22 heavy (non-hydrogen) atoms. The molecule has 118 valence electrons. The Bertz CT molecular complexity index is 663. The second-order valence-electron chi connectivity index (χ2n) is 5.00. The fourth-order valence-corrected chi connectivity index (χ4v) is 2.16. The van der Waals surface area contributed by atoms with Gasteiger partial charge in [-0.15, -0.1) is 0 Å². The Labute approximate surface area is 133 Å². The van der Waals surface area contributed by atoms with Crippen molar-refractivity contribution in [2.24, 2.45) is 5.73 Å². The van der Waals surface area contributed by atoms with Gasteiger partial charge in [0, 0.05) is 35.4 Å². The number of nitrogens with two attached hydrogens (primary N) is 1. The molecule has 1 aromatic heterocycles. The van der Waals surface area contributed by atoms with E-state index >= 15 is 0 Å². The molecule has 1 heterocycles. The Hall–Kier alpha value is -1.89. The summed E-state index contributed by atoms with van der Waals surface area (Å²) in [5, 5.41) is 16.7. The summed E-state index contributed by atoms with van der Waals surface area (Å²) in [5.41, 5.74) is 7.25. The minimum absolute atomic E-state index is 0.372. The molecule has 0 bridgehead atoms. The molecule has 0 aliphatic rings. The number of pyridine rings is 1. The highest BCUT2D eigenvalue weighted by Crippen LogP contribution is 2.23. The summed E-state index contributed by atoms with van der Waals surface area (Å²) in [6.07, 6.45) is 0.824. The highest BCUT2D eigenvalue weighted by atomic mass is 35.5. The van der Waals surface area contributed by atoms with E-state index in [2.05, 4.69) is 15.6 Å². The van der Waals surface area contributed by atoms with Gasteiger partial charge in [0.25, 0.3) is 0 Å². The average Bonchev–Trinajstić information content (AvgIpc) is 2.50. The fraction of sp³-hybridized carbons (Fsp3) is 0.333. The summed E-state index contributed by atoms with van der Waals surface area (Å²) in [6.45, 7) is 2.41. The highest BCUT2D eigenvalue weighted by molar-refractivity contribution is 6.31. The molecule has 0 fully saturated rings. The van der Waals surface area contributed by atoms with Crippen LogP contribution < -0.4 is 16.4 Å². The number of benzene rings is 1. The lowest BCUT2D eigenvalue weighted by Gasteiger charge is -2.15. The van der Waals surface area contributed by atoms with Crippen molar-refractivity contribution >= 4 is 34.1 Å². The van der Waals surface area contributed by atoms with E-state index in [0.717, 1.165) is 16.6 Å². The second-order valence-corrected chi connectivity index (χ2v) is 5.44. The first kappa shape index (κ1) is 16.5. The highest BCUT2D eigenvalue weighted by Gasteiger charge is 2.17. The number of aromatic nitrogens is 1. The molecule has 2 rings (SSSR count). The summed E-state index contributed by atoms with van der Waals surface area (Å²) in [6, 6.07) is 6.45. The van der Waals surface area contributed by atoms with Gasteiger partial charge >= 0.3 is 0 Å². The predicted molar refractivity (Wildman–Crippen MR) is 87.9 cm³/mol. The van der Waals surface area contributed by atoms with Crippen molar-refractivity contribution in [2.75, 3.05) is 18.4 Å². The van der Waals surface area contributed by atoms with E-state index in [-0.39, 0.29) is 5.91 Å². The average molecular weight is 323 g/mol. The number of nitrogens with zero attached hydrogens (tertiary/aromatic N) is 1. The van der Waals surface area contributed by atoms with Crippen molar-refractivity contribution in [2.45, 2.75) is 19.1 Å². The second kappa shape index (κ2) is 7.40. The van der Waals surface area contributed by atoms with Crippen LogP contribution in [-0.4, -0.2) is 41.2 Å². The van der Waals surface area contributed by atoms with Gasteiger partial charge in [0.2, 0.25) is 5.91 Å². The van der Waals surface area contributed by atoms with E-state index in [4.69, 9.17) is 17.3 Å². The number of amides is 1. The van der Waals surface area contributed by atoms with Gasteiger partial charge in [0.15, 0.2) is 0 Å². The monoisotopic (exact) mass is 322 g/mol. The van der Waals surface area contributed by atoms with Gasteiger partial charge < -0.3 is 21.5 Å². The van der Waals surface area contributed by atoms with E-state index in [1.807, 2.05) is 12.1 Å². The molecule has 6 nitrogen and oxygen atoms in total. The first-order valence-corrected chi connectivity index (χ1v) is 7.36. The van der Waals surface area contributed by atoms with Crippen LogP contribution in [0.5, 0.6) is 0 Å². The molecule has 0 saturated heterocycles. The van der Waals surface area contributed by atoms with Crippen LogP contribution in [0.2, 0.25) is 5.02 Å². The molecule has 0 radical (unpaired) electrons. The first-order valence-electron chi connectivity index (χ1n) is 6.98. The molecule has 2 atom stereocenters. The van der Waals surface area contributed by atoms with Crippen molar-refractivity contribution in [3.05, 3.63) is 35.5 Å². The van der Waals surface area contributed by atoms with Crippen molar-refractivity contribution < 1.29 is 9.90 Å². The lowest BCUT2D eigenvalue weighted by Crippen LogP contribution is -2.48. The molecule has 0 spiro atoms. The number of fused-ring (bicyclic) bond motifs is 1. The number of nitrogens with one attached hydrogen (secondary N) is 2. The molecule has 0 aliphatic carbocycles. The summed E-state index contributed by atoms with van der Waals surface area (Å²) >= 11 is 5.95. The summed E-state index contributed by atoms with van der Waals surface area (Å²) in [7, 11) is 0. The van der Waals surface area contributed by atoms with Gasteiger partial charge in [0.1, 0.15) is 6.04 Å². The zero-order chi connectivity index (χ0) is 16.1. The van der Waals surface area contributed by atoms with E-state index in [1.165, 1.54) is 6.92 Å². The van der Waals surface area contributed by atoms with Crippen molar-refractivity contribution in [1.82, 2.24) is 10.3 Å². The van der Waals surface area contributed by atoms with Crippen molar-refractivity contribution in [3.8, 4) is 0 Å².